The van der Waals surface area contributed by atoms with Gasteiger partial charge in [-0.05, 0) is 62.7 Å². The molecule has 0 bridgehead atoms. The molecular weight excluding hydrogens is 448 g/mol. The summed E-state index contributed by atoms with van der Waals surface area (Å²) in [6.07, 6.45) is 8.06. The molecule has 2 aromatic carbocycles. The van der Waals surface area contributed by atoms with Crippen molar-refractivity contribution in [3.63, 3.8) is 0 Å². The molecule has 4 aliphatic rings. The van der Waals surface area contributed by atoms with Gasteiger partial charge < -0.3 is 0 Å². The van der Waals surface area contributed by atoms with Crippen LogP contribution in [0.25, 0.3) is 11.1 Å². The van der Waals surface area contributed by atoms with E-state index in [1.165, 1.54) is 51.9 Å². The number of hydrogen-bond donors (Lipinski definition) is 0. The van der Waals surface area contributed by atoms with E-state index in [0.717, 1.165) is 48.2 Å². The molecule has 4 saturated heterocycles. The second-order valence-electron chi connectivity index (χ2n) is 11.0. The van der Waals surface area contributed by atoms with Crippen LogP contribution in [0.1, 0.15) is 59.2 Å². The maximum absolute atomic E-state index is 13.0. The van der Waals surface area contributed by atoms with Crippen LogP contribution < -0.4 is 0 Å². The van der Waals surface area contributed by atoms with Crippen molar-refractivity contribution in [3.8, 4) is 11.1 Å². The van der Waals surface area contributed by atoms with Gasteiger partial charge in [0.15, 0.2) is 11.6 Å². The minimum Gasteiger partial charge on any atom is -0.293 e. The average molecular weight is 487 g/mol. The van der Waals surface area contributed by atoms with E-state index in [1.54, 1.807) is 0 Å². The molecule has 4 fully saturated rings. The molecule has 0 N–H and O–H groups in total. The van der Waals surface area contributed by atoms with E-state index < -0.39 is 0 Å². The van der Waals surface area contributed by atoms with Crippen molar-refractivity contribution in [2.75, 3.05) is 52.4 Å². The van der Waals surface area contributed by atoms with Crippen LogP contribution >= 0.6 is 0 Å². The number of carbonyl (C=O) groups is 2. The fourth-order valence-electron chi connectivity index (χ4n) is 6.84. The number of Topliss-reactive ketones (excluding diaryl/α,β-unsaturated/α-hetero) is 2. The van der Waals surface area contributed by atoms with Crippen molar-refractivity contribution in [1.29, 1.82) is 0 Å². The number of rotatable bonds is 7. The minimum atomic E-state index is 0.204. The number of ketones is 2. The first-order valence-corrected chi connectivity index (χ1v) is 13.9. The molecule has 0 saturated carbocycles. The largest absolute Gasteiger partial charge is 0.293 e. The Bertz CT molecular complexity index is 996. The third-order valence-electron chi connectivity index (χ3n) is 8.72. The summed E-state index contributed by atoms with van der Waals surface area (Å²) in [5, 5.41) is 0. The summed E-state index contributed by atoms with van der Waals surface area (Å²) in [5.41, 5.74) is 3.71. The Morgan fingerprint density at radius 1 is 0.556 bits per heavy atom. The zero-order valence-electron chi connectivity index (χ0n) is 21.3. The van der Waals surface area contributed by atoms with Crippen LogP contribution in [0.3, 0.4) is 0 Å². The van der Waals surface area contributed by atoms with Crippen molar-refractivity contribution in [2.24, 2.45) is 0 Å². The van der Waals surface area contributed by atoms with Crippen molar-refractivity contribution in [1.82, 2.24) is 19.6 Å². The minimum absolute atomic E-state index is 0.204. The van der Waals surface area contributed by atoms with E-state index in [9.17, 15) is 9.59 Å². The summed E-state index contributed by atoms with van der Waals surface area (Å²) in [5.74, 6) is 0.407. The van der Waals surface area contributed by atoms with Gasteiger partial charge >= 0.3 is 0 Å². The third kappa shape index (κ3) is 4.92. The van der Waals surface area contributed by atoms with Gasteiger partial charge in [0.05, 0.1) is 25.4 Å². The van der Waals surface area contributed by atoms with Gasteiger partial charge in [-0.1, -0.05) is 48.5 Å². The van der Waals surface area contributed by atoms with Gasteiger partial charge in [-0.15, -0.1) is 0 Å². The molecule has 4 aliphatic heterocycles. The SMILES string of the molecule is O=C(CN1CCCN2CCCC21)c1ccc(-c2ccc(C(=O)CN3CCCN4CCCC43)cc2)cc1. The average Bonchev–Trinajstić information content (AvgIpc) is 3.60. The van der Waals surface area contributed by atoms with Crippen molar-refractivity contribution in [3.05, 3.63) is 59.7 Å². The van der Waals surface area contributed by atoms with Crippen LogP contribution in [0, 0.1) is 0 Å². The van der Waals surface area contributed by atoms with Gasteiger partial charge in [0.2, 0.25) is 0 Å². The predicted octanol–water partition coefficient (Wildman–Crippen LogP) is 3.97. The molecule has 190 valence electrons. The summed E-state index contributed by atoms with van der Waals surface area (Å²) < 4.78 is 0. The highest BCUT2D eigenvalue weighted by atomic mass is 16.1. The maximum atomic E-state index is 13.0. The van der Waals surface area contributed by atoms with Gasteiger partial charge in [0.1, 0.15) is 0 Å². The molecule has 6 heteroatoms. The molecule has 2 aromatic rings. The van der Waals surface area contributed by atoms with E-state index >= 15 is 0 Å². The zero-order chi connectivity index (χ0) is 24.5. The second-order valence-corrected chi connectivity index (χ2v) is 11.0. The van der Waals surface area contributed by atoms with Crippen molar-refractivity contribution in [2.45, 2.75) is 50.9 Å². The molecular formula is C30H38N4O2. The van der Waals surface area contributed by atoms with Crippen molar-refractivity contribution >= 4 is 11.6 Å². The Kier molecular flexibility index (Phi) is 7.02. The lowest BCUT2D eigenvalue weighted by molar-refractivity contribution is 0.0337. The first-order valence-electron chi connectivity index (χ1n) is 13.9. The molecule has 2 unspecified atom stereocenters. The normalized spacial score (nSPS) is 25.6. The molecule has 6 rings (SSSR count). The summed E-state index contributed by atoms with van der Waals surface area (Å²) >= 11 is 0. The highest BCUT2D eigenvalue weighted by Crippen LogP contribution is 2.27. The molecule has 2 atom stereocenters. The Hall–Kier alpha value is -2.38. The molecule has 0 radical (unpaired) electrons. The zero-order valence-corrected chi connectivity index (χ0v) is 21.3. The monoisotopic (exact) mass is 486 g/mol. The first kappa shape index (κ1) is 24.0. The predicted molar refractivity (Wildman–Crippen MR) is 142 cm³/mol. The summed E-state index contributed by atoms with van der Waals surface area (Å²) in [6.45, 7) is 7.74. The fourth-order valence-corrected chi connectivity index (χ4v) is 6.84. The highest BCUT2D eigenvalue weighted by molar-refractivity contribution is 5.99. The molecule has 0 spiro atoms. The van der Waals surface area contributed by atoms with Crippen molar-refractivity contribution < 1.29 is 9.59 Å². The number of carbonyl (C=O) groups excluding carboxylic acids is 2. The van der Waals surface area contributed by atoms with Gasteiger partial charge in [0, 0.05) is 37.3 Å². The quantitative estimate of drug-likeness (QED) is 0.552. The van der Waals surface area contributed by atoms with Crippen LogP contribution in [-0.4, -0.2) is 95.9 Å². The number of nitrogens with zero attached hydrogens (tertiary/aromatic N) is 4. The van der Waals surface area contributed by atoms with Gasteiger partial charge in [-0.3, -0.25) is 29.2 Å². The summed E-state index contributed by atoms with van der Waals surface area (Å²) in [4.78, 5) is 35.8. The highest BCUT2D eigenvalue weighted by Gasteiger charge is 2.34. The lowest BCUT2D eigenvalue weighted by atomic mass is 10.00. The van der Waals surface area contributed by atoms with Crippen LogP contribution in [0.4, 0.5) is 0 Å². The van der Waals surface area contributed by atoms with Crippen LogP contribution in [0.2, 0.25) is 0 Å². The van der Waals surface area contributed by atoms with E-state index in [0.29, 0.717) is 25.4 Å². The Balaban J connectivity index is 1.07. The van der Waals surface area contributed by atoms with Crippen LogP contribution in [0.15, 0.2) is 48.5 Å². The van der Waals surface area contributed by atoms with E-state index in [1.807, 2.05) is 48.5 Å². The molecule has 6 nitrogen and oxygen atoms in total. The molecule has 36 heavy (non-hydrogen) atoms. The third-order valence-corrected chi connectivity index (χ3v) is 8.72. The first-order chi connectivity index (χ1) is 17.7. The molecule has 0 amide bonds. The van der Waals surface area contributed by atoms with Gasteiger partial charge in [0.25, 0.3) is 0 Å². The maximum Gasteiger partial charge on any atom is 0.176 e. The second kappa shape index (κ2) is 10.5. The molecule has 0 aliphatic carbocycles. The Morgan fingerprint density at radius 2 is 0.944 bits per heavy atom. The van der Waals surface area contributed by atoms with Gasteiger partial charge in [-0.2, -0.15) is 0 Å². The summed E-state index contributed by atoms with van der Waals surface area (Å²) in [6, 6.07) is 15.9. The van der Waals surface area contributed by atoms with Crippen LogP contribution in [0.5, 0.6) is 0 Å². The number of hydrogen-bond acceptors (Lipinski definition) is 6. The van der Waals surface area contributed by atoms with Gasteiger partial charge in [-0.25, -0.2) is 0 Å². The molecule has 0 aromatic heterocycles. The smallest absolute Gasteiger partial charge is 0.176 e. The summed E-state index contributed by atoms with van der Waals surface area (Å²) in [7, 11) is 0. The van der Waals surface area contributed by atoms with E-state index in [2.05, 4.69) is 19.6 Å². The fraction of sp³-hybridized carbons (Fsp3) is 0.533. The van der Waals surface area contributed by atoms with Crippen LogP contribution in [-0.2, 0) is 0 Å². The topological polar surface area (TPSA) is 47.1 Å². The van der Waals surface area contributed by atoms with E-state index in [-0.39, 0.29) is 11.6 Å². The lowest BCUT2D eigenvalue weighted by Gasteiger charge is -2.39. The van der Waals surface area contributed by atoms with E-state index in [4.69, 9.17) is 0 Å². The standard InChI is InChI=1S/C30H38N4O2/c35-27(21-33-19-3-17-31-15-1-5-29(31)33)25-11-7-23(8-12-25)24-9-13-26(14-10-24)28(36)22-34-20-4-18-32-16-2-6-30(32)34/h7-14,29-30H,1-6,15-22H2. The Labute approximate surface area is 214 Å². The number of benzene rings is 2. The Morgan fingerprint density at radius 3 is 1.36 bits per heavy atom. The lowest BCUT2D eigenvalue weighted by Crippen LogP contribution is -2.51. The molecule has 4 heterocycles. The number of fused-ring (bicyclic) bond motifs is 2.